The third-order valence-electron chi connectivity index (χ3n) is 17.7. The Bertz CT molecular complexity index is 4850. The number of halogens is 12. The van der Waals surface area contributed by atoms with Crippen molar-refractivity contribution in [3.63, 3.8) is 0 Å². The molecule has 0 N–H and O–H groups in total. The summed E-state index contributed by atoms with van der Waals surface area (Å²) in [5.74, 6) is 0. The van der Waals surface area contributed by atoms with Crippen LogP contribution in [-0.4, -0.2) is 36.5 Å². The van der Waals surface area contributed by atoms with Crippen molar-refractivity contribution in [2.75, 3.05) is 6.54 Å². The first-order valence-electron chi connectivity index (χ1n) is 33.6. The Kier molecular flexibility index (Phi) is 28.9. The predicted octanol–water partition coefficient (Wildman–Crippen LogP) is 21.2. The maximum absolute atomic E-state index is 9.67. The van der Waals surface area contributed by atoms with E-state index >= 15 is 0 Å². The third-order valence-corrected chi connectivity index (χ3v) is 21.7. The van der Waals surface area contributed by atoms with E-state index in [1.165, 1.54) is 119 Å². The van der Waals surface area contributed by atoms with Crippen LogP contribution in [0.5, 0.6) is 0 Å². The van der Waals surface area contributed by atoms with Crippen molar-refractivity contribution < 1.29 is 39.9 Å². The zero-order chi connectivity index (χ0) is 70.1. The molecule has 102 heavy (non-hydrogen) atoms. The molecule has 10 aromatic rings. The van der Waals surface area contributed by atoms with Crippen molar-refractivity contribution in [3.05, 3.63) is 318 Å². The Morgan fingerprint density at radius 3 is 1.49 bits per heavy atom. The van der Waals surface area contributed by atoms with Gasteiger partial charge in [0.1, 0.15) is 6.54 Å². The van der Waals surface area contributed by atoms with Gasteiger partial charge >= 0.3 is 15.1 Å². The lowest BCUT2D eigenvalue weighted by atomic mass is 9.93. The van der Waals surface area contributed by atoms with Gasteiger partial charge in [0.15, 0.2) is 0 Å². The van der Waals surface area contributed by atoms with E-state index in [1.54, 1.807) is 0 Å². The van der Waals surface area contributed by atoms with E-state index in [1.807, 2.05) is 35.2 Å². The van der Waals surface area contributed by atoms with Gasteiger partial charge in [0.25, 0.3) is 0 Å². The zero-order valence-electron chi connectivity index (χ0n) is 56.1. The number of hydrogen-bond donors (Lipinski definition) is 0. The number of hydrogen-bond acceptors (Lipinski definition) is 1. The van der Waals surface area contributed by atoms with Crippen LogP contribution in [0.2, 0.25) is 10.0 Å². The van der Waals surface area contributed by atoms with Crippen LogP contribution < -0.4 is 14.8 Å². The summed E-state index contributed by atoms with van der Waals surface area (Å²) in [5, 5.41) is 10.6. The van der Waals surface area contributed by atoms with Crippen LogP contribution in [-0.2, 0) is 6.54 Å². The number of rotatable bonds is 16. The summed E-state index contributed by atoms with van der Waals surface area (Å²) >= 11 is 31.3. The molecule has 14 rings (SSSR count). The molecule has 0 saturated carbocycles. The van der Waals surface area contributed by atoms with E-state index in [0.29, 0.717) is 0 Å². The van der Waals surface area contributed by atoms with Gasteiger partial charge in [0, 0.05) is 111 Å². The Labute approximate surface area is 620 Å². The molecule has 2 aliphatic carbocycles. The summed E-state index contributed by atoms with van der Waals surface area (Å²) in [6.45, 7) is 6.44. The highest BCUT2D eigenvalue weighted by Crippen LogP contribution is 2.46. The van der Waals surface area contributed by atoms with Gasteiger partial charge in [-0.15, -0.1) is 0 Å². The average molecular weight is 1490 g/mol. The van der Waals surface area contributed by atoms with E-state index in [-0.39, 0.29) is 9.41 Å². The van der Waals surface area contributed by atoms with Crippen LogP contribution in [0.25, 0.3) is 75.3 Å². The average Bonchev–Trinajstić information content (AvgIpc) is 1.60. The second kappa shape index (κ2) is 37.8. The first kappa shape index (κ1) is 77.9. The molecule has 4 heterocycles. The Hall–Kier alpha value is -8.20. The van der Waals surface area contributed by atoms with E-state index in [0.717, 1.165) is 108 Å². The van der Waals surface area contributed by atoms with Gasteiger partial charge in [-0.3, -0.25) is 25.9 Å². The summed E-state index contributed by atoms with van der Waals surface area (Å²) in [6, 6.07) is 68.5. The maximum Gasteiger partial charge on any atom is 0.762 e. The second-order valence-corrected chi connectivity index (χ2v) is 28.1. The second-order valence-electron chi connectivity index (χ2n) is 24.3. The van der Waals surface area contributed by atoms with Crippen LogP contribution >= 0.6 is 69.5 Å². The fourth-order valence-electron chi connectivity index (χ4n) is 13.0. The monoisotopic (exact) mass is 1490 g/mol. The molecule has 8 aromatic carbocycles. The van der Waals surface area contributed by atoms with Gasteiger partial charge in [-0.05, 0) is 156 Å². The number of thioether (sulfide) groups is 1. The Morgan fingerprint density at radius 2 is 0.961 bits per heavy atom. The lowest BCUT2D eigenvalue weighted by Gasteiger charge is -2.18. The number of aryl methyl sites for hydroxylation is 1. The van der Waals surface area contributed by atoms with Crippen molar-refractivity contribution in [2.45, 2.75) is 84.6 Å². The van der Waals surface area contributed by atoms with E-state index in [4.69, 9.17) is 46.4 Å². The van der Waals surface area contributed by atoms with Crippen LogP contribution in [0.4, 0.5) is 31.6 Å². The molecule has 0 saturated heterocycles. The minimum atomic E-state index is -3.67. The smallest absolute Gasteiger partial charge is 0.762 e. The molecule has 0 radical (unpaired) electrons. The van der Waals surface area contributed by atoms with Gasteiger partial charge in [-0.2, -0.15) is 4.58 Å². The van der Waals surface area contributed by atoms with Crippen LogP contribution in [0, 0.1) is 0 Å². The fraction of sp³-hybridized carbons (Fsp3) is 0.167. The highest BCUT2D eigenvalue weighted by Gasteiger charge is 2.31. The molecule has 0 unspecified atom stereocenters. The van der Waals surface area contributed by atoms with Gasteiger partial charge in [-0.25, -0.2) is 0 Å². The van der Waals surface area contributed by atoms with E-state index in [9.17, 15) is 25.9 Å². The summed E-state index contributed by atoms with van der Waals surface area (Å²) in [5.41, 5.74) is 17.0. The Balaban J connectivity index is 0.000000211. The molecular weight excluding hydrogens is 1420 g/mol. The molecule has 0 amide bonds. The van der Waals surface area contributed by atoms with Gasteiger partial charge in [0.2, 0.25) is 32.5 Å². The van der Waals surface area contributed by atoms with E-state index < -0.39 is 15.1 Å². The molecule has 0 fully saturated rings. The lowest BCUT2D eigenvalue weighted by molar-refractivity contribution is -0.436. The first-order valence-corrected chi connectivity index (χ1v) is 36.8. The number of aromatic nitrogens is 1. The van der Waals surface area contributed by atoms with Crippen molar-refractivity contribution in [1.82, 2.24) is 4.57 Å². The number of nitrogens with zero attached hydrogens (tertiary/aromatic N) is 2. The molecule has 2 aliphatic heterocycles. The minimum Gasteiger partial charge on any atom is -1.00 e. The highest BCUT2D eigenvalue weighted by molar-refractivity contribution is 8.16. The van der Waals surface area contributed by atoms with Crippen molar-refractivity contribution in [2.24, 2.45) is 0 Å². The van der Waals surface area contributed by atoms with Crippen LogP contribution in [0.15, 0.2) is 281 Å². The summed E-state index contributed by atoms with van der Waals surface area (Å²) < 4.78 is 62.9. The zero-order valence-corrected chi connectivity index (χ0v) is 60.8. The van der Waals surface area contributed by atoms with Gasteiger partial charge in [0.05, 0.1) is 10.9 Å². The Morgan fingerprint density at radius 1 is 0.490 bits per heavy atom. The first-order chi connectivity index (χ1) is 48.7. The molecule has 2 nitrogen and oxygen atoms in total. The summed E-state index contributed by atoms with van der Waals surface area (Å²) in [7, 11) is -7.33. The largest absolute Gasteiger partial charge is 1.00 e. The molecule has 2 aromatic heterocycles. The SMILES string of the molecule is CCCCn1/c(=C\C=C2/CCCC(/C=C/C3=[N+](CCCC)c4ccc(Cl)c5cccc3c45)=C2Cl)c2cccc3c(Cl)ccc1c32.ClC1=C(/C=C/c2cc(-c3ccccc3)[s+]c(-c3ccccc3)c2)CCC/C1=C/C=C1C=C(c2ccccc2)SC(c2ccccc2)=C1.FB(F)F.FB(F)F.[F-].[F-]. The third kappa shape index (κ3) is 19.3. The van der Waals surface area contributed by atoms with Crippen LogP contribution in [0.3, 0.4) is 0 Å². The minimum absolute atomic E-state index is 0. The quantitative estimate of drug-likeness (QED) is 0.0405. The van der Waals surface area contributed by atoms with Crippen molar-refractivity contribution in [3.8, 4) is 20.9 Å². The number of unbranched alkanes of at least 4 members (excludes halogenated alkanes) is 2. The number of allylic oxidation sites excluding steroid dienone is 15. The molecule has 520 valence electrons. The standard InChI is InChI=1S/C44H34ClS2.C40H38Cl3N2.2BF3.2FH/c45-44-38(26-24-32-28-40(34-14-5-1-6-15-34)46-41(29-32)35-16-7-2-8-17-35)22-13-23-39(44)27-25-33-30-42(36-18-9-3-10-19-36)47-43(31-33)37-20-11-4-12-21-37;1-3-5-24-44-34(30-14-8-12-28-32(41)18-22-36(44)38(28)30)20-16-26-10-7-11-27(40(26)43)17-21-35-31-15-9-13-29-33(42)19-23-37(39(29)31)45(35)25-6-4-2;2*2-1(3)4;;/h1-12,14-21,24-31H,13,22-23H2;8-9,12-23H,3-7,10-11,24-25H2,1-2H3;;;2*1H/q2*+1;;;;/p-2. The normalized spacial score (nSPS) is 15.3. The highest BCUT2D eigenvalue weighted by atomic mass is 35.5. The number of benzene rings is 8. The molecule has 0 spiro atoms. The van der Waals surface area contributed by atoms with E-state index in [2.05, 4.69) is 266 Å². The molecule has 0 atom stereocenters. The van der Waals surface area contributed by atoms with Gasteiger partial charge < -0.3 is 14.0 Å². The van der Waals surface area contributed by atoms with Crippen molar-refractivity contribution >= 4 is 150 Å². The van der Waals surface area contributed by atoms with Gasteiger partial charge in [-0.1, -0.05) is 249 Å². The predicted molar refractivity (Wildman–Crippen MR) is 422 cm³/mol. The van der Waals surface area contributed by atoms with Crippen molar-refractivity contribution in [1.29, 1.82) is 0 Å². The maximum atomic E-state index is 9.67. The summed E-state index contributed by atoms with van der Waals surface area (Å²) in [4.78, 5) is 5.00. The topological polar surface area (TPSA) is 7.94 Å². The molecule has 0 bridgehead atoms. The fourth-order valence-corrected chi connectivity index (χ4v) is 16.3. The summed E-state index contributed by atoms with van der Waals surface area (Å²) in [6.07, 6.45) is 33.1. The molecule has 18 heteroatoms. The molecule has 4 aliphatic rings. The molecular formula is C84H72B2Cl4F8N2S2. The van der Waals surface area contributed by atoms with Crippen LogP contribution in [0.1, 0.15) is 100 Å². The lowest BCUT2D eigenvalue weighted by Crippen LogP contribution is -3.00.